The predicted octanol–water partition coefficient (Wildman–Crippen LogP) is 2.54. The second-order valence-electron chi connectivity index (χ2n) is 5.54. The number of hydrogen-bond donors (Lipinski definition) is 1. The van der Waals surface area contributed by atoms with Gasteiger partial charge in [-0.25, -0.2) is 4.98 Å². The zero-order valence-electron chi connectivity index (χ0n) is 12.0. The summed E-state index contributed by atoms with van der Waals surface area (Å²) in [5, 5.41) is 7.82. The van der Waals surface area contributed by atoms with Crippen LogP contribution >= 0.6 is 11.6 Å². The van der Waals surface area contributed by atoms with Crippen LogP contribution in [0.4, 0.5) is 0 Å². The van der Waals surface area contributed by atoms with E-state index in [-0.39, 0.29) is 11.5 Å². The van der Waals surface area contributed by atoms with Crippen molar-refractivity contribution in [1.82, 2.24) is 25.1 Å². The van der Waals surface area contributed by atoms with Crippen LogP contribution in [-0.4, -0.2) is 25.3 Å². The lowest BCUT2D eigenvalue weighted by atomic mass is 10.1. The van der Waals surface area contributed by atoms with Crippen LogP contribution in [-0.2, 0) is 13.6 Å². The van der Waals surface area contributed by atoms with Crippen LogP contribution in [0.15, 0.2) is 18.6 Å². The Bertz CT molecular complexity index is 591. The van der Waals surface area contributed by atoms with Crippen molar-refractivity contribution in [1.29, 1.82) is 0 Å². The molecule has 0 aliphatic heterocycles. The van der Waals surface area contributed by atoms with Crippen molar-refractivity contribution in [2.24, 2.45) is 7.05 Å². The molecule has 6 nitrogen and oxygen atoms in total. The molecule has 2 aromatic heterocycles. The van der Waals surface area contributed by atoms with Gasteiger partial charge in [0.1, 0.15) is 11.3 Å². The van der Waals surface area contributed by atoms with Crippen molar-refractivity contribution in [2.75, 3.05) is 0 Å². The average Bonchev–Trinajstić information content (AvgIpc) is 2.74. The van der Waals surface area contributed by atoms with Crippen LogP contribution in [0.25, 0.3) is 0 Å². The molecule has 20 heavy (non-hydrogen) atoms. The molecule has 0 atom stereocenters. The Kier molecular flexibility index (Phi) is 4.25. The van der Waals surface area contributed by atoms with Gasteiger partial charge in [0.05, 0.1) is 0 Å². The molecule has 0 fully saturated rings. The number of halogens is 1. The molecule has 2 aromatic rings. The highest BCUT2D eigenvalue weighted by Gasteiger charge is 2.11. The summed E-state index contributed by atoms with van der Waals surface area (Å²) in [7, 11) is 1.76. The van der Waals surface area contributed by atoms with E-state index < -0.39 is 0 Å². The van der Waals surface area contributed by atoms with E-state index >= 15 is 0 Å². The maximum absolute atomic E-state index is 6.16. The molecule has 0 radical (unpaired) electrons. The van der Waals surface area contributed by atoms with E-state index in [4.69, 9.17) is 16.3 Å². The van der Waals surface area contributed by atoms with Crippen LogP contribution in [0, 0.1) is 0 Å². The third kappa shape index (κ3) is 4.18. The van der Waals surface area contributed by atoms with Crippen LogP contribution in [0.2, 0.25) is 5.02 Å². The first-order valence-corrected chi connectivity index (χ1v) is 6.64. The number of aromatic nitrogens is 4. The second-order valence-corrected chi connectivity index (χ2v) is 5.94. The second kappa shape index (κ2) is 5.76. The van der Waals surface area contributed by atoms with Gasteiger partial charge in [-0.05, 0) is 32.4 Å². The smallest absolute Gasteiger partial charge is 0.342 e. The van der Waals surface area contributed by atoms with Gasteiger partial charge in [-0.2, -0.15) is 4.98 Å². The van der Waals surface area contributed by atoms with E-state index in [1.807, 2.05) is 6.07 Å². The van der Waals surface area contributed by atoms with Crippen LogP contribution in [0.1, 0.15) is 26.3 Å². The molecule has 0 amide bonds. The highest BCUT2D eigenvalue weighted by atomic mass is 35.5. The minimum Gasteiger partial charge on any atom is -0.403 e. The van der Waals surface area contributed by atoms with E-state index in [2.05, 4.69) is 41.2 Å². The van der Waals surface area contributed by atoms with Gasteiger partial charge in [0.15, 0.2) is 0 Å². The predicted molar refractivity (Wildman–Crippen MR) is 76.9 cm³/mol. The summed E-state index contributed by atoms with van der Waals surface area (Å²) in [4.78, 5) is 8.16. The van der Waals surface area contributed by atoms with Gasteiger partial charge in [0.25, 0.3) is 0 Å². The van der Waals surface area contributed by atoms with Gasteiger partial charge in [-0.3, -0.25) is 4.68 Å². The van der Waals surface area contributed by atoms with Crippen LogP contribution in [0.5, 0.6) is 11.9 Å². The Morgan fingerprint density at radius 2 is 2.10 bits per heavy atom. The Balaban J connectivity index is 2.06. The molecule has 2 rings (SSSR count). The number of nitrogens with one attached hydrogen (secondary N) is 1. The minimum atomic E-state index is 0.0412. The fourth-order valence-electron chi connectivity index (χ4n) is 1.46. The molecular weight excluding hydrogens is 278 g/mol. The summed E-state index contributed by atoms with van der Waals surface area (Å²) in [5.41, 5.74) is 1.03. The Morgan fingerprint density at radius 3 is 2.65 bits per heavy atom. The summed E-state index contributed by atoms with van der Waals surface area (Å²) < 4.78 is 6.97. The van der Waals surface area contributed by atoms with Crippen LogP contribution in [0.3, 0.4) is 0 Å². The van der Waals surface area contributed by atoms with Crippen molar-refractivity contribution in [3.05, 3.63) is 29.2 Å². The summed E-state index contributed by atoms with van der Waals surface area (Å²) in [6.45, 7) is 7.00. The molecule has 0 unspecified atom stereocenters. The first kappa shape index (κ1) is 14.7. The van der Waals surface area contributed by atoms with E-state index in [1.54, 1.807) is 24.3 Å². The standard InChI is InChI=1S/C13H18ClN5O/c1-13(2,3)17-7-9-5-10(14)11(15-6-9)20-12-16-8-19(4)18-12/h5-6,8,17H,7H2,1-4H3. The van der Waals surface area contributed by atoms with Crippen molar-refractivity contribution in [2.45, 2.75) is 32.9 Å². The summed E-state index contributed by atoms with van der Waals surface area (Å²) >= 11 is 6.16. The topological polar surface area (TPSA) is 64.9 Å². The molecule has 0 aromatic carbocycles. The molecule has 1 N–H and O–H groups in total. The van der Waals surface area contributed by atoms with Gasteiger partial charge in [-0.15, -0.1) is 5.10 Å². The molecule has 0 spiro atoms. The third-order valence-corrected chi connectivity index (χ3v) is 2.72. The summed E-state index contributed by atoms with van der Waals surface area (Å²) in [5.74, 6) is 0.303. The maximum Gasteiger partial charge on any atom is 0.342 e. The average molecular weight is 296 g/mol. The highest BCUT2D eigenvalue weighted by molar-refractivity contribution is 6.31. The minimum absolute atomic E-state index is 0.0412. The first-order chi connectivity index (χ1) is 9.33. The van der Waals surface area contributed by atoms with Crippen molar-refractivity contribution in [3.63, 3.8) is 0 Å². The van der Waals surface area contributed by atoms with Gasteiger partial charge < -0.3 is 10.1 Å². The van der Waals surface area contributed by atoms with Crippen molar-refractivity contribution in [3.8, 4) is 11.9 Å². The zero-order valence-corrected chi connectivity index (χ0v) is 12.8. The fraction of sp³-hybridized carbons (Fsp3) is 0.462. The highest BCUT2D eigenvalue weighted by Crippen LogP contribution is 2.25. The Hall–Kier alpha value is -1.66. The summed E-state index contributed by atoms with van der Waals surface area (Å²) in [6, 6.07) is 2.05. The van der Waals surface area contributed by atoms with Crippen molar-refractivity contribution >= 4 is 11.6 Å². The number of aryl methyl sites for hydroxylation is 1. The fourth-order valence-corrected chi connectivity index (χ4v) is 1.68. The molecule has 0 aliphatic carbocycles. The number of nitrogens with zero attached hydrogens (tertiary/aromatic N) is 4. The lowest BCUT2D eigenvalue weighted by Gasteiger charge is -2.20. The van der Waals surface area contributed by atoms with Gasteiger partial charge in [0, 0.05) is 25.3 Å². The third-order valence-electron chi connectivity index (χ3n) is 2.45. The Morgan fingerprint density at radius 1 is 1.35 bits per heavy atom. The number of hydrogen-bond acceptors (Lipinski definition) is 5. The molecular formula is C13H18ClN5O. The van der Waals surface area contributed by atoms with Gasteiger partial charge >= 0.3 is 6.01 Å². The molecule has 0 saturated heterocycles. The van der Waals surface area contributed by atoms with Gasteiger partial charge in [-0.1, -0.05) is 11.6 Å². The zero-order chi connectivity index (χ0) is 14.8. The lowest BCUT2D eigenvalue weighted by Crippen LogP contribution is -2.35. The summed E-state index contributed by atoms with van der Waals surface area (Å²) in [6.07, 6.45) is 3.27. The number of rotatable bonds is 4. The van der Waals surface area contributed by atoms with E-state index in [9.17, 15) is 0 Å². The Labute approximate surface area is 123 Å². The first-order valence-electron chi connectivity index (χ1n) is 6.26. The normalized spacial score (nSPS) is 11.7. The monoisotopic (exact) mass is 295 g/mol. The van der Waals surface area contributed by atoms with Crippen molar-refractivity contribution < 1.29 is 4.74 Å². The molecule has 108 valence electrons. The molecule has 0 aliphatic rings. The molecule has 0 saturated carbocycles. The lowest BCUT2D eigenvalue weighted by molar-refractivity contribution is 0.417. The molecule has 7 heteroatoms. The van der Waals surface area contributed by atoms with E-state index in [1.165, 1.54) is 0 Å². The quantitative estimate of drug-likeness (QED) is 0.939. The van der Waals surface area contributed by atoms with Crippen LogP contribution < -0.4 is 10.1 Å². The van der Waals surface area contributed by atoms with E-state index in [0.29, 0.717) is 17.4 Å². The SMILES string of the molecule is Cn1cnc(Oc2ncc(CNC(C)(C)C)cc2Cl)n1. The number of ether oxygens (including phenoxy) is 1. The van der Waals surface area contributed by atoms with Gasteiger partial charge in [0.2, 0.25) is 5.88 Å². The largest absolute Gasteiger partial charge is 0.403 e. The maximum atomic E-state index is 6.16. The van der Waals surface area contributed by atoms with E-state index in [0.717, 1.165) is 5.56 Å². The molecule has 2 heterocycles. The number of pyridine rings is 1. The molecule has 0 bridgehead atoms.